The SMILES string of the molecule is CCC(N)(COC)c1ccc(OC)cc1OC. The number of ether oxygens (including phenoxy) is 3. The molecule has 17 heavy (non-hydrogen) atoms. The molecule has 0 saturated carbocycles. The van der Waals surface area contributed by atoms with Gasteiger partial charge in [-0.2, -0.15) is 0 Å². The molecule has 0 spiro atoms. The van der Waals surface area contributed by atoms with Crippen molar-refractivity contribution in [1.82, 2.24) is 0 Å². The van der Waals surface area contributed by atoms with Crippen LogP contribution in [0.3, 0.4) is 0 Å². The third kappa shape index (κ3) is 2.90. The van der Waals surface area contributed by atoms with Gasteiger partial charge in [0, 0.05) is 18.7 Å². The summed E-state index contributed by atoms with van der Waals surface area (Å²) < 4.78 is 15.7. The summed E-state index contributed by atoms with van der Waals surface area (Å²) in [6.07, 6.45) is 0.767. The lowest BCUT2D eigenvalue weighted by molar-refractivity contribution is 0.127. The zero-order valence-corrected chi connectivity index (χ0v) is 10.9. The van der Waals surface area contributed by atoms with Crippen LogP contribution in [0.25, 0.3) is 0 Å². The van der Waals surface area contributed by atoms with Crippen LogP contribution in [0.4, 0.5) is 0 Å². The van der Waals surface area contributed by atoms with Crippen molar-refractivity contribution in [3.63, 3.8) is 0 Å². The lowest BCUT2D eigenvalue weighted by Gasteiger charge is -2.29. The highest BCUT2D eigenvalue weighted by atomic mass is 16.5. The highest BCUT2D eigenvalue weighted by Crippen LogP contribution is 2.33. The molecule has 1 rings (SSSR count). The molecule has 0 aromatic heterocycles. The molecule has 2 N–H and O–H groups in total. The van der Waals surface area contributed by atoms with Gasteiger partial charge in [0.05, 0.1) is 26.4 Å². The van der Waals surface area contributed by atoms with Crippen molar-refractivity contribution in [2.24, 2.45) is 5.73 Å². The van der Waals surface area contributed by atoms with E-state index in [-0.39, 0.29) is 0 Å². The lowest BCUT2D eigenvalue weighted by atomic mass is 9.88. The summed E-state index contributed by atoms with van der Waals surface area (Å²) >= 11 is 0. The number of methoxy groups -OCH3 is 3. The van der Waals surface area contributed by atoms with Crippen LogP contribution in [-0.4, -0.2) is 27.9 Å². The predicted octanol–water partition coefficient (Wildman–Crippen LogP) is 1.91. The first-order valence-corrected chi connectivity index (χ1v) is 5.61. The Morgan fingerprint density at radius 3 is 2.35 bits per heavy atom. The van der Waals surface area contributed by atoms with E-state index in [2.05, 4.69) is 0 Å². The van der Waals surface area contributed by atoms with Gasteiger partial charge in [-0.1, -0.05) is 6.92 Å². The number of hydrogen-bond acceptors (Lipinski definition) is 4. The Morgan fingerprint density at radius 2 is 1.88 bits per heavy atom. The van der Waals surface area contributed by atoms with Crippen LogP contribution in [0.5, 0.6) is 11.5 Å². The Morgan fingerprint density at radius 1 is 1.18 bits per heavy atom. The molecular weight excluding hydrogens is 218 g/mol. The lowest BCUT2D eigenvalue weighted by Crippen LogP contribution is -2.40. The number of hydrogen-bond donors (Lipinski definition) is 1. The molecule has 0 aliphatic carbocycles. The van der Waals surface area contributed by atoms with E-state index < -0.39 is 5.54 Å². The van der Waals surface area contributed by atoms with Gasteiger partial charge in [0.2, 0.25) is 0 Å². The molecule has 0 radical (unpaired) electrons. The van der Waals surface area contributed by atoms with Crippen molar-refractivity contribution in [3.05, 3.63) is 23.8 Å². The second kappa shape index (κ2) is 5.89. The quantitative estimate of drug-likeness (QED) is 0.824. The van der Waals surface area contributed by atoms with Gasteiger partial charge in [0.25, 0.3) is 0 Å². The standard InChI is InChI=1S/C13H21NO3/c1-5-13(14,9-15-2)11-7-6-10(16-3)8-12(11)17-4/h6-8H,5,9,14H2,1-4H3. The highest BCUT2D eigenvalue weighted by Gasteiger charge is 2.28. The summed E-state index contributed by atoms with van der Waals surface area (Å²) in [4.78, 5) is 0. The van der Waals surface area contributed by atoms with Crippen LogP contribution < -0.4 is 15.2 Å². The minimum atomic E-state index is -0.535. The maximum absolute atomic E-state index is 6.35. The van der Waals surface area contributed by atoms with E-state index in [9.17, 15) is 0 Å². The van der Waals surface area contributed by atoms with Crippen molar-refractivity contribution in [1.29, 1.82) is 0 Å². The van der Waals surface area contributed by atoms with Gasteiger partial charge < -0.3 is 19.9 Å². The smallest absolute Gasteiger partial charge is 0.127 e. The van der Waals surface area contributed by atoms with Gasteiger partial charge in [0.15, 0.2) is 0 Å². The Kier molecular flexibility index (Phi) is 4.78. The third-order valence-electron chi connectivity index (χ3n) is 2.98. The summed E-state index contributed by atoms with van der Waals surface area (Å²) in [6, 6.07) is 5.65. The van der Waals surface area contributed by atoms with Gasteiger partial charge in [-0.05, 0) is 18.6 Å². The van der Waals surface area contributed by atoms with E-state index in [4.69, 9.17) is 19.9 Å². The van der Waals surface area contributed by atoms with E-state index in [1.807, 2.05) is 25.1 Å². The van der Waals surface area contributed by atoms with Crippen molar-refractivity contribution < 1.29 is 14.2 Å². The first-order valence-electron chi connectivity index (χ1n) is 5.61. The number of nitrogens with two attached hydrogens (primary N) is 1. The van der Waals surface area contributed by atoms with E-state index in [0.717, 1.165) is 23.5 Å². The zero-order chi connectivity index (χ0) is 12.9. The van der Waals surface area contributed by atoms with Gasteiger partial charge in [0.1, 0.15) is 11.5 Å². The molecular formula is C13H21NO3. The predicted molar refractivity (Wildman–Crippen MR) is 67.6 cm³/mol. The zero-order valence-electron chi connectivity index (χ0n) is 10.9. The molecule has 0 saturated heterocycles. The molecule has 96 valence electrons. The fourth-order valence-electron chi connectivity index (χ4n) is 1.84. The summed E-state index contributed by atoms with van der Waals surface area (Å²) in [6.45, 7) is 2.48. The molecule has 0 heterocycles. The van der Waals surface area contributed by atoms with Gasteiger partial charge >= 0.3 is 0 Å². The Labute approximate surface area is 103 Å². The molecule has 0 aliphatic heterocycles. The minimum Gasteiger partial charge on any atom is -0.497 e. The monoisotopic (exact) mass is 239 g/mol. The summed E-state index contributed by atoms with van der Waals surface area (Å²) in [5.74, 6) is 1.48. The molecule has 0 fully saturated rings. The van der Waals surface area contributed by atoms with Crippen LogP contribution in [-0.2, 0) is 10.3 Å². The van der Waals surface area contributed by atoms with Crippen LogP contribution in [0.2, 0.25) is 0 Å². The van der Waals surface area contributed by atoms with Crippen LogP contribution in [0, 0.1) is 0 Å². The van der Waals surface area contributed by atoms with E-state index in [0.29, 0.717) is 6.61 Å². The Hall–Kier alpha value is -1.26. The fraction of sp³-hybridized carbons (Fsp3) is 0.538. The van der Waals surface area contributed by atoms with Gasteiger partial charge in [-0.3, -0.25) is 0 Å². The fourth-order valence-corrected chi connectivity index (χ4v) is 1.84. The van der Waals surface area contributed by atoms with E-state index in [1.54, 1.807) is 21.3 Å². The second-order valence-electron chi connectivity index (χ2n) is 4.01. The Balaban J connectivity index is 3.19. The molecule has 4 heteroatoms. The maximum Gasteiger partial charge on any atom is 0.127 e. The molecule has 1 atom stereocenters. The van der Waals surface area contributed by atoms with Crippen LogP contribution >= 0.6 is 0 Å². The average molecular weight is 239 g/mol. The van der Waals surface area contributed by atoms with Crippen molar-refractivity contribution >= 4 is 0 Å². The summed E-state index contributed by atoms with van der Waals surface area (Å²) in [5, 5.41) is 0. The van der Waals surface area contributed by atoms with Gasteiger partial charge in [-0.15, -0.1) is 0 Å². The summed E-state index contributed by atoms with van der Waals surface area (Å²) in [5.41, 5.74) is 6.75. The van der Waals surface area contributed by atoms with E-state index in [1.165, 1.54) is 0 Å². The summed E-state index contributed by atoms with van der Waals surface area (Å²) in [7, 11) is 4.90. The molecule has 1 unspecified atom stereocenters. The van der Waals surface area contributed by atoms with Crippen molar-refractivity contribution in [2.45, 2.75) is 18.9 Å². The third-order valence-corrected chi connectivity index (χ3v) is 2.98. The van der Waals surface area contributed by atoms with Crippen LogP contribution in [0.1, 0.15) is 18.9 Å². The molecule has 0 amide bonds. The van der Waals surface area contributed by atoms with Crippen molar-refractivity contribution in [2.75, 3.05) is 27.9 Å². The van der Waals surface area contributed by atoms with Gasteiger partial charge in [-0.25, -0.2) is 0 Å². The first-order chi connectivity index (χ1) is 8.11. The molecule has 1 aromatic carbocycles. The normalized spacial score (nSPS) is 14.2. The molecule has 0 bridgehead atoms. The number of benzene rings is 1. The molecule has 0 aliphatic rings. The molecule has 1 aromatic rings. The first kappa shape index (κ1) is 13.8. The topological polar surface area (TPSA) is 53.7 Å². The minimum absolute atomic E-state index is 0.451. The second-order valence-corrected chi connectivity index (χ2v) is 4.01. The van der Waals surface area contributed by atoms with E-state index >= 15 is 0 Å². The van der Waals surface area contributed by atoms with Crippen LogP contribution in [0.15, 0.2) is 18.2 Å². The average Bonchev–Trinajstić information content (AvgIpc) is 2.38. The number of rotatable bonds is 6. The molecule has 4 nitrogen and oxygen atoms in total. The largest absolute Gasteiger partial charge is 0.497 e. The highest BCUT2D eigenvalue weighted by molar-refractivity contribution is 5.44. The maximum atomic E-state index is 6.35. The Bertz CT molecular complexity index is 368. The van der Waals surface area contributed by atoms with Crippen molar-refractivity contribution in [3.8, 4) is 11.5 Å².